The van der Waals surface area contributed by atoms with Gasteiger partial charge in [-0.25, -0.2) is 4.39 Å². The quantitative estimate of drug-likeness (QED) is 0.827. The second kappa shape index (κ2) is 6.26. The molecule has 0 aliphatic rings. The molecule has 0 radical (unpaired) electrons. The molecule has 0 aliphatic heterocycles. The van der Waals surface area contributed by atoms with E-state index in [9.17, 15) is 17.6 Å². The van der Waals surface area contributed by atoms with Crippen LogP contribution in [-0.4, -0.2) is 7.05 Å². The van der Waals surface area contributed by atoms with Crippen LogP contribution >= 0.6 is 0 Å². The molecule has 1 atom stereocenters. The van der Waals surface area contributed by atoms with Crippen LogP contribution in [0.5, 0.6) is 0 Å². The Morgan fingerprint density at radius 2 is 1.52 bits per heavy atom. The highest BCUT2D eigenvalue weighted by Crippen LogP contribution is 2.29. The zero-order chi connectivity index (χ0) is 15.5. The summed E-state index contributed by atoms with van der Waals surface area (Å²) >= 11 is 0. The van der Waals surface area contributed by atoms with Crippen molar-refractivity contribution in [2.75, 3.05) is 7.05 Å². The van der Waals surface area contributed by atoms with Gasteiger partial charge in [-0.2, -0.15) is 13.2 Å². The molecule has 0 aromatic heterocycles. The molecule has 5 heteroatoms. The average molecular weight is 297 g/mol. The topological polar surface area (TPSA) is 12.0 Å². The van der Waals surface area contributed by atoms with Crippen LogP contribution in [0, 0.1) is 5.82 Å². The van der Waals surface area contributed by atoms with E-state index >= 15 is 0 Å². The van der Waals surface area contributed by atoms with E-state index in [2.05, 4.69) is 5.32 Å². The summed E-state index contributed by atoms with van der Waals surface area (Å²) in [7, 11) is 1.76. The van der Waals surface area contributed by atoms with E-state index in [4.69, 9.17) is 0 Å². The summed E-state index contributed by atoms with van der Waals surface area (Å²) in [6, 6.07) is 11.1. The number of likely N-dealkylation sites (N-methyl/N-ethyl adjacent to an activating group) is 1. The summed E-state index contributed by atoms with van der Waals surface area (Å²) in [6.07, 6.45) is -3.79. The molecule has 0 saturated carbocycles. The van der Waals surface area contributed by atoms with Gasteiger partial charge in [0.2, 0.25) is 0 Å². The Morgan fingerprint density at radius 3 is 2.00 bits per heavy atom. The molecule has 0 bridgehead atoms. The third-order valence-corrected chi connectivity index (χ3v) is 3.34. The van der Waals surface area contributed by atoms with Gasteiger partial charge in [-0.15, -0.1) is 0 Å². The second-order valence-electron chi connectivity index (χ2n) is 4.79. The maximum atomic E-state index is 12.9. The molecule has 0 saturated heterocycles. The van der Waals surface area contributed by atoms with Gasteiger partial charge in [0.1, 0.15) is 5.82 Å². The number of halogens is 4. The van der Waals surface area contributed by atoms with Crippen molar-refractivity contribution < 1.29 is 17.6 Å². The fourth-order valence-electron chi connectivity index (χ4n) is 2.15. The van der Waals surface area contributed by atoms with E-state index in [0.29, 0.717) is 6.42 Å². The maximum Gasteiger partial charge on any atom is 0.416 e. The summed E-state index contributed by atoms with van der Waals surface area (Å²) in [6.45, 7) is 0. The normalized spacial score (nSPS) is 13.2. The molecule has 112 valence electrons. The van der Waals surface area contributed by atoms with Crippen LogP contribution in [-0.2, 0) is 12.6 Å². The number of benzene rings is 2. The highest BCUT2D eigenvalue weighted by Gasteiger charge is 2.29. The van der Waals surface area contributed by atoms with Crippen molar-refractivity contribution in [2.24, 2.45) is 0 Å². The summed E-state index contributed by atoms with van der Waals surface area (Å²) in [5.41, 5.74) is 1.01. The first-order valence-corrected chi connectivity index (χ1v) is 6.49. The minimum Gasteiger partial charge on any atom is -0.313 e. The van der Waals surface area contributed by atoms with Crippen LogP contribution in [0.2, 0.25) is 0 Å². The molecular formula is C16H15F4N. The van der Waals surface area contributed by atoms with Crippen molar-refractivity contribution >= 4 is 0 Å². The molecular weight excluding hydrogens is 282 g/mol. The fourth-order valence-corrected chi connectivity index (χ4v) is 2.15. The average Bonchev–Trinajstić information content (AvgIpc) is 2.45. The summed E-state index contributed by atoms with van der Waals surface area (Å²) in [5, 5.41) is 3.09. The van der Waals surface area contributed by atoms with E-state index in [1.165, 1.54) is 24.3 Å². The van der Waals surface area contributed by atoms with Gasteiger partial charge >= 0.3 is 6.18 Å². The fraction of sp³-hybridized carbons (Fsp3) is 0.250. The zero-order valence-electron chi connectivity index (χ0n) is 11.4. The van der Waals surface area contributed by atoms with Gasteiger partial charge in [0.15, 0.2) is 0 Å². The Kier molecular flexibility index (Phi) is 4.63. The molecule has 0 aliphatic carbocycles. The van der Waals surface area contributed by atoms with Crippen molar-refractivity contribution in [1.29, 1.82) is 0 Å². The lowest BCUT2D eigenvalue weighted by molar-refractivity contribution is -0.137. The molecule has 2 aromatic rings. The van der Waals surface area contributed by atoms with Crippen LogP contribution in [0.15, 0.2) is 48.5 Å². The number of rotatable bonds is 4. The summed E-state index contributed by atoms with van der Waals surface area (Å²) in [5.74, 6) is -0.317. The van der Waals surface area contributed by atoms with E-state index in [1.54, 1.807) is 19.2 Å². The lowest BCUT2D eigenvalue weighted by Gasteiger charge is -2.17. The van der Waals surface area contributed by atoms with Crippen LogP contribution in [0.4, 0.5) is 17.6 Å². The number of nitrogens with one attached hydrogen (secondary N) is 1. The Labute approximate surface area is 120 Å². The zero-order valence-corrected chi connectivity index (χ0v) is 11.4. The van der Waals surface area contributed by atoms with Crippen LogP contribution in [0.25, 0.3) is 0 Å². The molecule has 0 amide bonds. The first kappa shape index (κ1) is 15.5. The predicted octanol–water partition coefficient (Wildman–Crippen LogP) is 4.35. The molecule has 21 heavy (non-hydrogen) atoms. The van der Waals surface area contributed by atoms with Crippen molar-refractivity contribution in [3.05, 3.63) is 71.0 Å². The van der Waals surface area contributed by atoms with Gasteiger partial charge in [0.25, 0.3) is 0 Å². The predicted molar refractivity (Wildman–Crippen MR) is 73.3 cm³/mol. The van der Waals surface area contributed by atoms with Crippen LogP contribution in [0.1, 0.15) is 22.7 Å². The molecule has 0 heterocycles. The van der Waals surface area contributed by atoms with Crippen molar-refractivity contribution in [1.82, 2.24) is 5.32 Å². The molecule has 1 unspecified atom stereocenters. The Morgan fingerprint density at radius 1 is 0.952 bits per heavy atom. The summed E-state index contributed by atoms with van der Waals surface area (Å²) in [4.78, 5) is 0. The Balaban J connectivity index is 2.13. The Hall–Kier alpha value is -1.88. The molecule has 2 aromatic carbocycles. The number of hydrogen-bond acceptors (Lipinski definition) is 1. The third kappa shape index (κ3) is 4.04. The smallest absolute Gasteiger partial charge is 0.313 e. The van der Waals surface area contributed by atoms with Gasteiger partial charge < -0.3 is 5.32 Å². The van der Waals surface area contributed by atoms with Gasteiger partial charge in [-0.1, -0.05) is 24.3 Å². The lowest BCUT2D eigenvalue weighted by atomic mass is 9.98. The van der Waals surface area contributed by atoms with Gasteiger partial charge in [0, 0.05) is 6.04 Å². The van der Waals surface area contributed by atoms with Crippen molar-refractivity contribution in [3.8, 4) is 0 Å². The first-order valence-electron chi connectivity index (χ1n) is 6.49. The number of alkyl halides is 3. The van der Waals surface area contributed by atoms with Crippen molar-refractivity contribution in [3.63, 3.8) is 0 Å². The van der Waals surface area contributed by atoms with Gasteiger partial charge in [-0.3, -0.25) is 0 Å². The van der Waals surface area contributed by atoms with Crippen LogP contribution < -0.4 is 5.32 Å². The number of hydrogen-bond donors (Lipinski definition) is 1. The van der Waals surface area contributed by atoms with Crippen LogP contribution in [0.3, 0.4) is 0 Å². The minimum absolute atomic E-state index is 0.0812. The first-order chi connectivity index (χ1) is 9.90. The van der Waals surface area contributed by atoms with E-state index in [-0.39, 0.29) is 11.9 Å². The maximum absolute atomic E-state index is 12.9. The summed E-state index contributed by atoms with van der Waals surface area (Å²) < 4.78 is 50.4. The molecule has 1 N–H and O–H groups in total. The highest BCUT2D eigenvalue weighted by atomic mass is 19.4. The SMILES string of the molecule is CNC(Cc1ccc(C(F)(F)F)cc1)c1ccc(F)cc1. The Bertz CT molecular complexity index is 573. The van der Waals surface area contributed by atoms with Crippen molar-refractivity contribution in [2.45, 2.75) is 18.6 Å². The standard InChI is InChI=1S/C16H15F4N/c1-21-15(12-4-8-14(17)9-5-12)10-11-2-6-13(7-3-11)16(18,19)20/h2-9,15,21H,10H2,1H3. The van der Waals surface area contributed by atoms with E-state index < -0.39 is 11.7 Å². The third-order valence-electron chi connectivity index (χ3n) is 3.34. The molecule has 1 nitrogen and oxygen atoms in total. The largest absolute Gasteiger partial charge is 0.416 e. The second-order valence-corrected chi connectivity index (χ2v) is 4.79. The molecule has 0 spiro atoms. The lowest BCUT2D eigenvalue weighted by Crippen LogP contribution is -2.19. The van der Waals surface area contributed by atoms with E-state index in [0.717, 1.165) is 23.3 Å². The monoisotopic (exact) mass is 297 g/mol. The molecule has 2 rings (SSSR count). The van der Waals surface area contributed by atoms with Gasteiger partial charge in [0.05, 0.1) is 5.56 Å². The highest BCUT2D eigenvalue weighted by molar-refractivity contribution is 5.28. The van der Waals surface area contributed by atoms with Gasteiger partial charge in [-0.05, 0) is 48.9 Å². The minimum atomic E-state index is -4.32. The van der Waals surface area contributed by atoms with E-state index in [1.807, 2.05) is 0 Å². The molecule has 0 fully saturated rings.